The highest BCUT2D eigenvalue weighted by molar-refractivity contribution is 7.16. The average molecular weight is 467 g/mol. The fourth-order valence-corrected chi connectivity index (χ4v) is 6.22. The quantitative estimate of drug-likeness (QED) is 0.504. The van der Waals surface area contributed by atoms with Crippen LogP contribution in [0.25, 0.3) is 0 Å². The molecule has 0 saturated carbocycles. The monoisotopic (exact) mass is 466 g/mol. The molecule has 1 amide bonds. The van der Waals surface area contributed by atoms with E-state index in [2.05, 4.69) is 22.3 Å². The number of halogens is 1. The first kappa shape index (κ1) is 21.7. The van der Waals surface area contributed by atoms with Crippen LogP contribution in [-0.4, -0.2) is 37.1 Å². The highest BCUT2D eigenvalue weighted by Crippen LogP contribution is 2.45. The normalized spacial score (nSPS) is 17.5. The molecule has 32 heavy (non-hydrogen) atoms. The number of carbonyl (C=O) groups is 1. The van der Waals surface area contributed by atoms with Gasteiger partial charge in [0.2, 0.25) is 0 Å². The molecule has 0 spiro atoms. The van der Waals surface area contributed by atoms with Crippen LogP contribution >= 0.6 is 22.9 Å². The molecule has 4 nitrogen and oxygen atoms in total. The molecule has 166 valence electrons. The van der Waals surface area contributed by atoms with Gasteiger partial charge in [0.05, 0.1) is 19.3 Å². The van der Waals surface area contributed by atoms with Crippen molar-refractivity contribution < 1.29 is 9.53 Å². The third kappa shape index (κ3) is 4.48. The highest BCUT2D eigenvalue weighted by Gasteiger charge is 2.33. The molecule has 1 aromatic heterocycles. The van der Waals surface area contributed by atoms with Gasteiger partial charge >= 0.3 is 0 Å². The summed E-state index contributed by atoms with van der Waals surface area (Å²) in [6.45, 7) is 3.18. The zero-order chi connectivity index (χ0) is 21.9. The summed E-state index contributed by atoms with van der Waals surface area (Å²) in [6.07, 6.45) is 4.56. The first-order valence-electron chi connectivity index (χ1n) is 11.3. The second kappa shape index (κ2) is 9.75. The summed E-state index contributed by atoms with van der Waals surface area (Å²) in [6, 6.07) is 17.7. The molecule has 1 atom stereocenters. The minimum atomic E-state index is -0.0534. The van der Waals surface area contributed by atoms with Crippen LogP contribution in [0.2, 0.25) is 5.02 Å². The molecular weight excluding hydrogens is 440 g/mol. The lowest BCUT2D eigenvalue weighted by atomic mass is 9.88. The zero-order valence-corrected chi connectivity index (χ0v) is 19.6. The number of amides is 1. The highest BCUT2D eigenvalue weighted by atomic mass is 35.5. The van der Waals surface area contributed by atoms with Gasteiger partial charge in [-0.3, -0.25) is 9.69 Å². The molecule has 1 saturated heterocycles. The number of ether oxygens (including phenoxy) is 1. The number of morpholine rings is 1. The summed E-state index contributed by atoms with van der Waals surface area (Å²) in [4.78, 5) is 17.0. The Labute approximate surface area is 198 Å². The summed E-state index contributed by atoms with van der Waals surface area (Å²) in [5.41, 5.74) is 4.58. The Kier molecular flexibility index (Phi) is 6.60. The predicted molar refractivity (Wildman–Crippen MR) is 131 cm³/mol. The molecule has 2 aromatic carbocycles. The van der Waals surface area contributed by atoms with Gasteiger partial charge in [0.15, 0.2) is 0 Å². The Morgan fingerprint density at radius 2 is 1.72 bits per heavy atom. The summed E-state index contributed by atoms with van der Waals surface area (Å²) >= 11 is 7.98. The zero-order valence-electron chi connectivity index (χ0n) is 18.0. The molecule has 1 aliphatic carbocycles. The van der Waals surface area contributed by atoms with Gasteiger partial charge in [-0.1, -0.05) is 41.9 Å². The van der Waals surface area contributed by atoms with E-state index in [0.29, 0.717) is 5.56 Å². The third-order valence-corrected chi connectivity index (χ3v) is 7.82. The molecule has 6 heteroatoms. The SMILES string of the molecule is O=C(Nc1sc2c(c1C(c1ccc(Cl)cc1)N1CCOCC1)CCCC2)c1ccccc1. The van der Waals surface area contributed by atoms with E-state index in [1.54, 1.807) is 11.3 Å². The Balaban J connectivity index is 1.60. The second-order valence-corrected chi connectivity index (χ2v) is 9.92. The number of nitrogens with zero attached hydrogens (tertiary/aromatic N) is 1. The van der Waals surface area contributed by atoms with E-state index >= 15 is 0 Å². The lowest BCUT2D eigenvalue weighted by molar-refractivity contribution is 0.0239. The van der Waals surface area contributed by atoms with Gasteiger partial charge in [0.1, 0.15) is 5.00 Å². The van der Waals surface area contributed by atoms with E-state index in [1.165, 1.54) is 34.4 Å². The molecule has 1 fully saturated rings. The molecule has 0 bridgehead atoms. The smallest absolute Gasteiger partial charge is 0.256 e. The van der Waals surface area contributed by atoms with Gasteiger partial charge in [-0.05, 0) is 61.1 Å². The lowest BCUT2D eigenvalue weighted by Gasteiger charge is -2.36. The molecule has 2 heterocycles. The number of hydrogen-bond donors (Lipinski definition) is 1. The second-order valence-electron chi connectivity index (χ2n) is 8.38. The van der Waals surface area contributed by atoms with E-state index in [-0.39, 0.29) is 11.9 Å². The van der Waals surface area contributed by atoms with Crippen LogP contribution in [0.5, 0.6) is 0 Å². The Hall–Kier alpha value is -2.18. The maximum Gasteiger partial charge on any atom is 0.256 e. The fraction of sp³-hybridized carbons (Fsp3) is 0.346. The maximum absolute atomic E-state index is 13.1. The van der Waals surface area contributed by atoms with Crippen LogP contribution < -0.4 is 5.32 Å². The molecule has 5 rings (SSSR count). The summed E-state index contributed by atoms with van der Waals surface area (Å²) < 4.78 is 5.66. The molecule has 3 aromatic rings. The number of benzene rings is 2. The van der Waals surface area contributed by atoms with E-state index in [4.69, 9.17) is 16.3 Å². The molecule has 0 radical (unpaired) electrons. The number of nitrogens with one attached hydrogen (secondary N) is 1. The predicted octanol–water partition coefficient (Wildman–Crippen LogP) is 5.95. The van der Waals surface area contributed by atoms with Crippen molar-refractivity contribution >= 4 is 33.8 Å². The largest absolute Gasteiger partial charge is 0.379 e. The van der Waals surface area contributed by atoms with Crippen molar-refractivity contribution in [1.29, 1.82) is 0 Å². The van der Waals surface area contributed by atoms with Crippen molar-refractivity contribution in [1.82, 2.24) is 4.90 Å². The van der Waals surface area contributed by atoms with Crippen molar-refractivity contribution in [3.63, 3.8) is 0 Å². The van der Waals surface area contributed by atoms with Gasteiger partial charge in [-0.25, -0.2) is 0 Å². The number of hydrogen-bond acceptors (Lipinski definition) is 4. The van der Waals surface area contributed by atoms with Gasteiger partial charge in [0, 0.05) is 34.1 Å². The Bertz CT molecular complexity index is 1080. The number of anilines is 1. The lowest BCUT2D eigenvalue weighted by Crippen LogP contribution is -2.40. The van der Waals surface area contributed by atoms with Gasteiger partial charge in [-0.2, -0.15) is 0 Å². The van der Waals surface area contributed by atoms with Crippen molar-refractivity contribution in [2.75, 3.05) is 31.6 Å². The first-order valence-corrected chi connectivity index (χ1v) is 12.5. The minimum absolute atomic E-state index is 0.0534. The molecule has 1 aliphatic heterocycles. The first-order chi connectivity index (χ1) is 15.7. The van der Waals surface area contributed by atoms with Crippen LogP contribution in [0.15, 0.2) is 54.6 Å². The molecule has 1 N–H and O–H groups in total. The fourth-order valence-electron chi connectivity index (χ4n) is 4.78. The Morgan fingerprint density at radius 3 is 2.47 bits per heavy atom. The molecule has 2 aliphatic rings. The van der Waals surface area contributed by atoms with Crippen LogP contribution in [0.1, 0.15) is 50.8 Å². The number of fused-ring (bicyclic) bond motifs is 1. The third-order valence-electron chi connectivity index (χ3n) is 6.35. The van der Waals surface area contributed by atoms with Gasteiger partial charge in [0.25, 0.3) is 5.91 Å². The minimum Gasteiger partial charge on any atom is -0.379 e. The van der Waals surface area contributed by atoms with E-state index < -0.39 is 0 Å². The van der Waals surface area contributed by atoms with Gasteiger partial charge in [-0.15, -0.1) is 11.3 Å². The molecule has 1 unspecified atom stereocenters. The summed E-state index contributed by atoms with van der Waals surface area (Å²) in [7, 11) is 0. The van der Waals surface area contributed by atoms with E-state index in [0.717, 1.165) is 49.2 Å². The van der Waals surface area contributed by atoms with Crippen LogP contribution in [0.4, 0.5) is 5.00 Å². The number of carbonyl (C=O) groups excluding carboxylic acids is 1. The maximum atomic E-state index is 13.1. The number of thiophene rings is 1. The van der Waals surface area contributed by atoms with E-state index in [1.807, 2.05) is 42.5 Å². The van der Waals surface area contributed by atoms with Gasteiger partial charge < -0.3 is 10.1 Å². The molecular formula is C26H27ClN2O2S. The summed E-state index contributed by atoms with van der Waals surface area (Å²) in [5.74, 6) is -0.0534. The van der Waals surface area contributed by atoms with Crippen LogP contribution in [0, 0.1) is 0 Å². The van der Waals surface area contributed by atoms with E-state index in [9.17, 15) is 4.79 Å². The van der Waals surface area contributed by atoms with Crippen molar-refractivity contribution in [3.05, 3.63) is 86.8 Å². The van der Waals surface area contributed by atoms with Crippen molar-refractivity contribution in [2.45, 2.75) is 31.7 Å². The average Bonchev–Trinajstić information content (AvgIpc) is 3.19. The Morgan fingerprint density at radius 1 is 1.00 bits per heavy atom. The van der Waals surface area contributed by atoms with Crippen molar-refractivity contribution in [2.24, 2.45) is 0 Å². The topological polar surface area (TPSA) is 41.6 Å². The standard InChI is InChI=1S/C26H27ClN2O2S/c27-20-12-10-18(11-13-20)24(29-14-16-31-17-15-29)23-21-8-4-5-9-22(21)32-26(23)28-25(30)19-6-2-1-3-7-19/h1-3,6-7,10-13,24H,4-5,8-9,14-17H2,(H,28,30). The van der Waals surface area contributed by atoms with Crippen LogP contribution in [0.3, 0.4) is 0 Å². The van der Waals surface area contributed by atoms with Crippen LogP contribution in [-0.2, 0) is 17.6 Å². The number of aryl methyl sites for hydroxylation is 1. The number of rotatable bonds is 5. The summed E-state index contributed by atoms with van der Waals surface area (Å²) in [5, 5.41) is 5.00. The van der Waals surface area contributed by atoms with Crippen molar-refractivity contribution in [3.8, 4) is 0 Å².